The topological polar surface area (TPSA) is 58.1 Å². The third-order valence-corrected chi connectivity index (χ3v) is 4.78. The molecule has 0 atom stereocenters. The van der Waals surface area contributed by atoms with E-state index in [1.165, 1.54) is 5.56 Å². The fourth-order valence-corrected chi connectivity index (χ4v) is 2.99. The Kier molecular flexibility index (Phi) is 5.31. The summed E-state index contributed by atoms with van der Waals surface area (Å²) in [7, 11) is 0. The fourth-order valence-electron chi connectivity index (χ4n) is 2.99. The Morgan fingerprint density at radius 3 is 2.48 bits per heavy atom. The molecule has 0 saturated carbocycles. The Bertz CT molecular complexity index is 719. The molecule has 0 spiro atoms. The molecule has 0 aliphatic carbocycles. The van der Waals surface area contributed by atoms with Crippen LogP contribution in [0.5, 0.6) is 0 Å². The number of carbonyl (C=O) groups excluding carboxylic acids is 1. The van der Waals surface area contributed by atoms with E-state index in [1.54, 1.807) is 12.3 Å². The van der Waals surface area contributed by atoms with Crippen molar-refractivity contribution < 1.29 is 4.79 Å². The number of rotatable bonds is 4. The van der Waals surface area contributed by atoms with Crippen molar-refractivity contribution in [2.75, 3.05) is 18.4 Å². The predicted octanol–water partition coefficient (Wildman–Crippen LogP) is 4.22. The van der Waals surface area contributed by atoms with Crippen LogP contribution in [0.1, 0.15) is 55.6 Å². The number of nitrogens with one attached hydrogen (secondary N) is 1. The minimum absolute atomic E-state index is 0.00694. The smallest absolute Gasteiger partial charge is 0.272 e. The van der Waals surface area contributed by atoms with Crippen molar-refractivity contribution in [1.82, 2.24) is 14.9 Å². The molecule has 1 aliphatic rings. The molecular formula is C20H26N4O. The average molecular weight is 338 g/mol. The monoisotopic (exact) mass is 338 g/mol. The quantitative estimate of drug-likeness (QED) is 0.907. The van der Waals surface area contributed by atoms with Crippen molar-refractivity contribution in [1.29, 1.82) is 0 Å². The van der Waals surface area contributed by atoms with Gasteiger partial charge in [0.25, 0.3) is 5.91 Å². The van der Waals surface area contributed by atoms with E-state index in [2.05, 4.69) is 48.2 Å². The van der Waals surface area contributed by atoms with Gasteiger partial charge in [0, 0.05) is 25.0 Å². The molecule has 1 aromatic heterocycles. The fraction of sp³-hybridized carbons (Fsp3) is 0.450. The minimum atomic E-state index is -0.00694. The molecule has 25 heavy (non-hydrogen) atoms. The zero-order chi connectivity index (χ0) is 17.8. The van der Waals surface area contributed by atoms with Gasteiger partial charge in [-0.15, -0.1) is 0 Å². The lowest BCUT2D eigenvalue weighted by molar-refractivity contribution is 0.0691. The highest BCUT2D eigenvalue weighted by Crippen LogP contribution is 2.20. The summed E-state index contributed by atoms with van der Waals surface area (Å²) in [4.78, 5) is 23.2. The Labute approximate surface area is 149 Å². The molecule has 0 unspecified atom stereocenters. The highest BCUT2D eigenvalue weighted by molar-refractivity contribution is 5.92. The van der Waals surface area contributed by atoms with Gasteiger partial charge in [0.05, 0.1) is 0 Å². The van der Waals surface area contributed by atoms with Gasteiger partial charge < -0.3 is 10.2 Å². The van der Waals surface area contributed by atoms with E-state index in [4.69, 9.17) is 0 Å². The number of amides is 1. The highest BCUT2D eigenvalue weighted by atomic mass is 16.2. The molecule has 2 heterocycles. The molecule has 0 radical (unpaired) electrons. The number of anilines is 2. The Hall–Kier alpha value is -2.43. The van der Waals surface area contributed by atoms with Gasteiger partial charge in [0.1, 0.15) is 5.69 Å². The van der Waals surface area contributed by atoms with E-state index in [-0.39, 0.29) is 5.91 Å². The van der Waals surface area contributed by atoms with Gasteiger partial charge in [0.15, 0.2) is 0 Å². The van der Waals surface area contributed by atoms with Crippen molar-refractivity contribution in [2.45, 2.75) is 39.5 Å². The van der Waals surface area contributed by atoms with E-state index < -0.39 is 0 Å². The van der Waals surface area contributed by atoms with Crippen LogP contribution < -0.4 is 5.32 Å². The number of nitrogens with zero attached hydrogens (tertiary/aromatic N) is 3. The van der Waals surface area contributed by atoms with Crippen LogP contribution in [0.25, 0.3) is 0 Å². The molecule has 1 saturated heterocycles. The van der Waals surface area contributed by atoms with Crippen LogP contribution >= 0.6 is 0 Å². The summed E-state index contributed by atoms with van der Waals surface area (Å²) in [5.41, 5.74) is 2.65. The number of piperidine rings is 1. The van der Waals surface area contributed by atoms with E-state index in [0.29, 0.717) is 23.5 Å². The third kappa shape index (κ3) is 4.35. The zero-order valence-corrected chi connectivity index (χ0v) is 15.2. The van der Waals surface area contributed by atoms with Gasteiger partial charge in [-0.25, -0.2) is 9.97 Å². The van der Waals surface area contributed by atoms with Crippen LogP contribution in [0.2, 0.25) is 0 Å². The first-order chi connectivity index (χ1) is 12.0. The second-order valence-electron chi connectivity index (χ2n) is 7.14. The molecule has 2 aromatic rings. The molecule has 3 rings (SSSR count). The maximum absolute atomic E-state index is 12.6. The Balaban J connectivity index is 1.69. The van der Waals surface area contributed by atoms with Crippen molar-refractivity contribution in [3.63, 3.8) is 0 Å². The van der Waals surface area contributed by atoms with Gasteiger partial charge in [-0.3, -0.25) is 4.79 Å². The summed E-state index contributed by atoms with van der Waals surface area (Å²) in [6, 6.07) is 9.90. The number of hydrogen-bond donors (Lipinski definition) is 1. The van der Waals surface area contributed by atoms with Crippen LogP contribution in [-0.4, -0.2) is 33.9 Å². The number of carbonyl (C=O) groups is 1. The summed E-state index contributed by atoms with van der Waals surface area (Å²) < 4.78 is 0. The van der Waals surface area contributed by atoms with Gasteiger partial charge in [-0.2, -0.15) is 0 Å². The normalized spacial score (nSPS) is 15.4. The second kappa shape index (κ2) is 7.64. The summed E-state index contributed by atoms with van der Waals surface area (Å²) in [6.07, 6.45) is 3.76. The maximum Gasteiger partial charge on any atom is 0.272 e. The first kappa shape index (κ1) is 17.4. The maximum atomic E-state index is 12.6. The largest absolute Gasteiger partial charge is 0.337 e. The van der Waals surface area contributed by atoms with Crippen LogP contribution in [0.15, 0.2) is 36.5 Å². The minimum Gasteiger partial charge on any atom is -0.337 e. The van der Waals surface area contributed by atoms with Crippen LogP contribution in [-0.2, 0) is 0 Å². The van der Waals surface area contributed by atoms with Gasteiger partial charge >= 0.3 is 0 Å². The van der Waals surface area contributed by atoms with E-state index >= 15 is 0 Å². The van der Waals surface area contributed by atoms with Gasteiger partial charge in [0.2, 0.25) is 5.95 Å². The predicted molar refractivity (Wildman–Crippen MR) is 100 cm³/mol. The van der Waals surface area contributed by atoms with Gasteiger partial charge in [-0.05, 0) is 48.4 Å². The molecule has 1 N–H and O–H groups in total. The Morgan fingerprint density at radius 2 is 1.84 bits per heavy atom. The first-order valence-corrected chi connectivity index (χ1v) is 9.02. The first-order valence-electron chi connectivity index (χ1n) is 9.02. The number of hydrogen-bond acceptors (Lipinski definition) is 4. The summed E-state index contributed by atoms with van der Waals surface area (Å²) in [5, 5.41) is 3.18. The van der Waals surface area contributed by atoms with E-state index in [0.717, 1.165) is 31.6 Å². The molecule has 1 amide bonds. The van der Waals surface area contributed by atoms with E-state index in [9.17, 15) is 4.79 Å². The lowest BCUT2D eigenvalue weighted by Crippen LogP contribution is -2.38. The molecule has 1 fully saturated rings. The summed E-state index contributed by atoms with van der Waals surface area (Å²) in [5.74, 6) is 1.64. The molecule has 5 heteroatoms. The molecule has 132 valence electrons. The number of aromatic nitrogens is 2. The lowest BCUT2D eigenvalue weighted by Gasteiger charge is -2.30. The zero-order valence-electron chi connectivity index (χ0n) is 15.2. The van der Waals surface area contributed by atoms with Crippen LogP contribution in [0, 0.1) is 5.92 Å². The second-order valence-corrected chi connectivity index (χ2v) is 7.14. The number of likely N-dealkylation sites (tertiary alicyclic amines) is 1. The van der Waals surface area contributed by atoms with Crippen molar-refractivity contribution >= 4 is 17.5 Å². The number of benzene rings is 1. The van der Waals surface area contributed by atoms with E-state index in [1.807, 2.05) is 17.0 Å². The molecule has 1 aliphatic heterocycles. The van der Waals surface area contributed by atoms with Crippen LogP contribution in [0.4, 0.5) is 11.6 Å². The molecule has 0 bridgehead atoms. The lowest BCUT2D eigenvalue weighted by atomic mass is 9.99. The third-order valence-electron chi connectivity index (χ3n) is 4.78. The molecule has 5 nitrogen and oxygen atoms in total. The average Bonchev–Trinajstić information content (AvgIpc) is 2.62. The Morgan fingerprint density at radius 1 is 1.16 bits per heavy atom. The molecule has 1 aromatic carbocycles. The van der Waals surface area contributed by atoms with Crippen LogP contribution in [0.3, 0.4) is 0 Å². The SMILES string of the molecule is CC1CCN(C(=O)c2ccnc(Nc3ccc(C(C)C)cc3)n2)CC1. The van der Waals surface area contributed by atoms with Gasteiger partial charge in [-0.1, -0.05) is 32.9 Å². The van der Waals surface area contributed by atoms with Crippen molar-refractivity contribution in [3.8, 4) is 0 Å². The standard InChI is InChI=1S/C20H26N4O/c1-14(2)16-4-6-17(7-5-16)22-20-21-11-8-18(23-20)19(25)24-12-9-15(3)10-13-24/h4-8,11,14-15H,9-10,12-13H2,1-3H3,(H,21,22,23). The summed E-state index contributed by atoms with van der Waals surface area (Å²) in [6.45, 7) is 8.19. The van der Waals surface area contributed by atoms with Crippen molar-refractivity contribution in [3.05, 3.63) is 47.8 Å². The highest BCUT2D eigenvalue weighted by Gasteiger charge is 2.22. The summed E-state index contributed by atoms with van der Waals surface area (Å²) >= 11 is 0. The van der Waals surface area contributed by atoms with Crippen molar-refractivity contribution in [2.24, 2.45) is 5.92 Å². The molecular weight excluding hydrogens is 312 g/mol.